The maximum Gasteiger partial charge on any atom is 0.142 e. The van der Waals surface area contributed by atoms with E-state index in [0.717, 1.165) is 34.7 Å². The van der Waals surface area contributed by atoms with Gasteiger partial charge in [0.25, 0.3) is 0 Å². The molecular weight excluding hydrogens is 277 g/mol. The second kappa shape index (κ2) is 3.32. The van der Waals surface area contributed by atoms with Crippen molar-refractivity contribution >= 4 is 45.1 Å². The Morgan fingerprint density at radius 2 is 2.33 bits per heavy atom. The lowest BCUT2D eigenvalue weighted by Gasteiger charge is -2.26. The summed E-state index contributed by atoms with van der Waals surface area (Å²) in [4.78, 5) is 10.7. The lowest BCUT2D eigenvalue weighted by Crippen LogP contribution is -2.30. The van der Waals surface area contributed by atoms with E-state index in [0.29, 0.717) is 5.15 Å². The highest BCUT2D eigenvalue weighted by Gasteiger charge is 2.26. The molecule has 1 aromatic heterocycles. The molecule has 5 heteroatoms. The normalized spacial score (nSPS) is 18.1. The average Bonchev–Trinajstić information content (AvgIpc) is 2.69. The molecule has 0 fully saturated rings. The first-order valence-corrected chi connectivity index (χ1v) is 5.78. The van der Waals surface area contributed by atoms with E-state index in [1.54, 1.807) is 6.20 Å². The first-order valence-electron chi connectivity index (χ1n) is 4.61. The van der Waals surface area contributed by atoms with Crippen molar-refractivity contribution in [3.63, 3.8) is 0 Å². The van der Waals surface area contributed by atoms with E-state index in [-0.39, 0.29) is 0 Å². The van der Waals surface area contributed by atoms with Crippen molar-refractivity contribution in [1.82, 2.24) is 4.98 Å². The number of anilines is 1. The van der Waals surface area contributed by atoms with Gasteiger partial charge in [-0.15, -0.1) is 0 Å². The second-order valence-corrected chi connectivity index (χ2v) is 4.66. The molecular formula is C10H7BrClN3. The van der Waals surface area contributed by atoms with Gasteiger partial charge in [0.2, 0.25) is 0 Å². The molecule has 0 saturated heterocycles. The van der Waals surface area contributed by atoms with E-state index in [4.69, 9.17) is 11.6 Å². The van der Waals surface area contributed by atoms with Crippen LogP contribution < -0.4 is 4.90 Å². The minimum atomic E-state index is 0.520. The van der Waals surface area contributed by atoms with Crippen LogP contribution in [0.4, 0.5) is 5.69 Å². The van der Waals surface area contributed by atoms with Crippen LogP contribution in [0, 0.1) is 0 Å². The molecule has 15 heavy (non-hydrogen) atoms. The largest absolute Gasteiger partial charge is 0.323 e. The Hall–Kier alpha value is -0.870. The molecule has 2 aliphatic rings. The van der Waals surface area contributed by atoms with Crippen LogP contribution in [-0.4, -0.2) is 23.9 Å². The van der Waals surface area contributed by atoms with Gasteiger partial charge in [0, 0.05) is 18.3 Å². The van der Waals surface area contributed by atoms with Gasteiger partial charge in [0.05, 0.1) is 16.7 Å². The average molecular weight is 285 g/mol. The van der Waals surface area contributed by atoms with E-state index in [2.05, 4.69) is 30.8 Å². The van der Waals surface area contributed by atoms with Crippen molar-refractivity contribution < 1.29 is 0 Å². The third kappa shape index (κ3) is 1.40. The summed E-state index contributed by atoms with van der Waals surface area (Å²) in [6, 6.07) is 1.88. The van der Waals surface area contributed by atoms with Crippen molar-refractivity contribution in [2.24, 2.45) is 4.99 Å². The van der Waals surface area contributed by atoms with Crippen LogP contribution >= 0.6 is 27.5 Å². The van der Waals surface area contributed by atoms with Crippen molar-refractivity contribution in [3.05, 3.63) is 27.5 Å². The smallest absolute Gasteiger partial charge is 0.142 e. The minimum absolute atomic E-state index is 0.520. The van der Waals surface area contributed by atoms with E-state index in [9.17, 15) is 0 Å². The molecule has 2 aliphatic heterocycles. The number of amidine groups is 1. The van der Waals surface area contributed by atoms with Crippen LogP contribution in [0.15, 0.2) is 21.7 Å². The van der Waals surface area contributed by atoms with Crippen molar-refractivity contribution in [3.8, 4) is 0 Å². The van der Waals surface area contributed by atoms with Crippen molar-refractivity contribution in [2.45, 2.75) is 0 Å². The van der Waals surface area contributed by atoms with Crippen LogP contribution in [0.2, 0.25) is 5.15 Å². The van der Waals surface area contributed by atoms with Crippen LogP contribution in [0.3, 0.4) is 0 Å². The molecule has 0 aromatic carbocycles. The predicted octanol–water partition coefficient (Wildman–Crippen LogP) is 2.70. The van der Waals surface area contributed by atoms with E-state index in [1.165, 1.54) is 0 Å². The summed E-state index contributed by atoms with van der Waals surface area (Å²) in [5.41, 5.74) is 2.17. The van der Waals surface area contributed by atoms with Crippen molar-refractivity contribution in [2.75, 3.05) is 18.0 Å². The highest BCUT2D eigenvalue weighted by atomic mass is 79.9. The molecule has 0 atom stereocenters. The molecule has 3 nitrogen and oxygen atoms in total. The first-order chi connectivity index (χ1) is 7.25. The van der Waals surface area contributed by atoms with E-state index in [1.807, 2.05) is 12.1 Å². The monoisotopic (exact) mass is 283 g/mol. The Morgan fingerprint density at radius 1 is 1.47 bits per heavy atom. The third-order valence-electron chi connectivity index (χ3n) is 2.51. The molecule has 0 unspecified atom stereocenters. The number of halogens is 2. The highest BCUT2D eigenvalue weighted by Crippen LogP contribution is 2.34. The summed E-state index contributed by atoms with van der Waals surface area (Å²) in [6.45, 7) is 1.74. The molecule has 0 bridgehead atoms. The lowest BCUT2D eigenvalue weighted by atomic mass is 10.1. The van der Waals surface area contributed by atoms with Crippen LogP contribution in [-0.2, 0) is 0 Å². The standard InChI is InChI=1S/C10H7BrClN3/c11-7-3-6-5-14-9(12)4-8(6)15-2-1-13-10(7)15/h3-5H,1-2H2. The van der Waals surface area contributed by atoms with Gasteiger partial charge in [0.15, 0.2) is 0 Å². The zero-order chi connectivity index (χ0) is 10.4. The zero-order valence-corrected chi connectivity index (χ0v) is 10.1. The summed E-state index contributed by atoms with van der Waals surface area (Å²) in [5, 5.41) is 0.520. The quantitative estimate of drug-likeness (QED) is 0.685. The van der Waals surface area contributed by atoms with Gasteiger partial charge in [-0.25, -0.2) is 4.98 Å². The molecule has 0 amide bonds. The number of pyridine rings is 1. The fraction of sp³-hybridized carbons (Fsp3) is 0.200. The van der Waals surface area contributed by atoms with Gasteiger partial charge >= 0.3 is 0 Å². The number of nitrogens with zero attached hydrogens (tertiary/aromatic N) is 3. The Bertz CT molecular complexity index is 495. The summed E-state index contributed by atoms with van der Waals surface area (Å²) in [6.07, 6.45) is 3.81. The lowest BCUT2D eigenvalue weighted by molar-refractivity contribution is 1.02. The Kier molecular flexibility index (Phi) is 2.07. The molecule has 1 aromatic rings. The van der Waals surface area contributed by atoms with Crippen LogP contribution in [0.25, 0.3) is 6.08 Å². The number of fused-ring (bicyclic) bond motifs is 3. The van der Waals surface area contributed by atoms with E-state index >= 15 is 0 Å². The van der Waals surface area contributed by atoms with Crippen molar-refractivity contribution in [1.29, 1.82) is 0 Å². The number of rotatable bonds is 0. The molecule has 0 radical (unpaired) electrons. The highest BCUT2D eigenvalue weighted by molar-refractivity contribution is 9.12. The fourth-order valence-corrected chi connectivity index (χ4v) is 2.60. The first kappa shape index (κ1) is 9.36. The SMILES string of the molecule is Clc1cc2c(cn1)C=C(Br)C1=NCCN12. The minimum Gasteiger partial charge on any atom is -0.323 e. The van der Waals surface area contributed by atoms with Crippen LogP contribution in [0.5, 0.6) is 0 Å². The zero-order valence-electron chi connectivity index (χ0n) is 7.74. The Labute approximate surface area is 101 Å². The summed E-state index contributed by atoms with van der Waals surface area (Å²) in [5.74, 6) is 0.991. The number of aromatic nitrogens is 1. The van der Waals surface area contributed by atoms with Gasteiger partial charge in [-0.05, 0) is 28.1 Å². The molecule has 0 N–H and O–H groups in total. The Morgan fingerprint density at radius 3 is 3.20 bits per heavy atom. The molecule has 0 spiro atoms. The fourth-order valence-electron chi connectivity index (χ4n) is 1.86. The van der Waals surface area contributed by atoms with Gasteiger partial charge in [-0.1, -0.05) is 11.6 Å². The summed E-state index contributed by atoms with van der Waals surface area (Å²) < 4.78 is 1.01. The summed E-state index contributed by atoms with van der Waals surface area (Å²) >= 11 is 9.40. The predicted molar refractivity (Wildman–Crippen MR) is 65.8 cm³/mol. The van der Waals surface area contributed by atoms with Gasteiger partial charge < -0.3 is 4.90 Å². The third-order valence-corrected chi connectivity index (χ3v) is 3.30. The van der Waals surface area contributed by atoms with Gasteiger partial charge in [-0.2, -0.15) is 0 Å². The van der Waals surface area contributed by atoms with Crippen LogP contribution in [0.1, 0.15) is 5.56 Å². The molecule has 3 heterocycles. The van der Waals surface area contributed by atoms with Gasteiger partial charge in [-0.3, -0.25) is 4.99 Å². The maximum atomic E-state index is 5.89. The summed E-state index contributed by atoms with van der Waals surface area (Å²) in [7, 11) is 0. The molecule has 3 rings (SSSR count). The Balaban J connectivity index is 2.23. The molecule has 0 aliphatic carbocycles. The van der Waals surface area contributed by atoms with Gasteiger partial charge in [0.1, 0.15) is 11.0 Å². The molecule has 0 saturated carbocycles. The second-order valence-electron chi connectivity index (χ2n) is 3.42. The van der Waals surface area contributed by atoms with E-state index < -0.39 is 0 Å². The number of hydrogen-bond donors (Lipinski definition) is 0. The molecule has 76 valence electrons. The number of aliphatic imine (C=N–C) groups is 1. The number of hydrogen-bond acceptors (Lipinski definition) is 3. The maximum absolute atomic E-state index is 5.89. The topological polar surface area (TPSA) is 28.5 Å².